The first-order valence-corrected chi connectivity index (χ1v) is 7.30. The van der Waals surface area contributed by atoms with Crippen molar-refractivity contribution >= 4 is 23.6 Å². The summed E-state index contributed by atoms with van der Waals surface area (Å²) in [6.45, 7) is 5.58. The molecule has 1 aromatic rings. The quantitative estimate of drug-likeness (QED) is 0.714. The Hall–Kier alpha value is -1.48. The van der Waals surface area contributed by atoms with Crippen molar-refractivity contribution in [3.63, 3.8) is 0 Å². The average Bonchev–Trinajstić information content (AvgIpc) is 2.47. The van der Waals surface area contributed by atoms with E-state index in [0.29, 0.717) is 0 Å². The van der Waals surface area contributed by atoms with Crippen LogP contribution in [0.4, 0.5) is 0 Å². The summed E-state index contributed by atoms with van der Waals surface area (Å²) in [5.41, 5.74) is 0.886. The summed E-state index contributed by atoms with van der Waals surface area (Å²) in [4.78, 5) is 14.0. The molecule has 0 atom stereocenters. The Balaban J connectivity index is 2.81. The minimum atomic E-state index is -0.105. The van der Waals surface area contributed by atoms with Crippen LogP contribution in [0.5, 0.6) is 5.75 Å². The molecule has 0 aliphatic rings. The molecule has 0 saturated carbocycles. The van der Waals surface area contributed by atoms with Gasteiger partial charge in [-0.25, -0.2) is 0 Å². The number of rotatable bonds is 7. The van der Waals surface area contributed by atoms with Crippen LogP contribution >= 0.6 is 11.6 Å². The molecule has 1 aromatic carbocycles. The maximum Gasteiger partial charge on any atom is 0.265 e. The molecule has 0 unspecified atom stereocenters. The first-order chi connectivity index (χ1) is 9.62. The van der Waals surface area contributed by atoms with Gasteiger partial charge in [0.15, 0.2) is 0 Å². The van der Waals surface area contributed by atoms with E-state index >= 15 is 0 Å². The number of hydrogen-bond donors (Lipinski definition) is 0. The van der Waals surface area contributed by atoms with Crippen molar-refractivity contribution in [2.75, 3.05) is 20.2 Å². The summed E-state index contributed by atoms with van der Waals surface area (Å²) in [7, 11) is 1.62. The Bertz CT molecular complexity index is 448. The standard InChI is InChI=1S/C16H22ClNO2/c1-4-10-18(11-5-2)16(19)15(17)12-13-6-8-14(20-3)9-7-13/h6-9,12H,4-5,10-11H2,1-3H3/b15-12-. The second-order valence-corrected chi connectivity index (χ2v) is 4.96. The number of halogens is 1. The number of methoxy groups -OCH3 is 1. The Morgan fingerprint density at radius 2 is 1.75 bits per heavy atom. The van der Waals surface area contributed by atoms with Crippen LogP contribution in [0.15, 0.2) is 29.3 Å². The number of carbonyl (C=O) groups is 1. The lowest BCUT2D eigenvalue weighted by Crippen LogP contribution is -2.32. The molecule has 0 saturated heterocycles. The lowest BCUT2D eigenvalue weighted by atomic mass is 10.2. The van der Waals surface area contributed by atoms with E-state index < -0.39 is 0 Å². The van der Waals surface area contributed by atoms with Crippen LogP contribution in [0.25, 0.3) is 6.08 Å². The lowest BCUT2D eigenvalue weighted by molar-refractivity contribution is -0.126. The normalized spacial score (nSPS) is 11.3. The predicted octanol–water partition coefficient (Wildman–Crippen LogP) is 3.92. The van der Waals surface area contributed by atoms with E-state index in [1.54, 1.807) is 18.1 Å². The molecule has 110 valence electrons. The molecular formula is C16H22ClNO2. The first kappa shape index (κ1) is 16.6. The third-order valence-corrected chi connectivity index (χ3v) is 3.16. The topological polar surface area (TPSA) is 29.5 Å². The molecule has 0 radical (unpaired) electrons. The molecule has 1 rings (SSSR count). The van der Waals surface area contributed by atoms with E-state index in [2.05, 4.69) is 13.8 Å². The average molecular weight is 296 g/mol. The zero-order chi connectivity index (χ0) is 15.0. The Labute approximate surface area is 126 Å². The van der Waals surface area contributed by atoms with E-state index in [0.717, 1.165) is 37.2 Å². The maximum absolute atomic E-state index is 12.3. The van der Waals surface area contributed by atoms with E-state index in [9.17, 15) is 4.79 Å². The molecule has 20 heavy (non-hydrogen) atoms. The molecule has 0 spiro atoms. The molecule has 0 fully saturated rings. The second kappa shape index (κ2) is 8.64. The fraction of sp³-hybridized carbons (Fsp3) is 0.438. The van der Waals surface area contributed by atoms with Crippen molar-refractivity contribution in [3.8, 4) is 5.75 Å². The summed E-state index contributed by atoms with van der Waals surface area (Å²) in [6, 6.07) is 7.43. The molecule has 0 bridgehead atoms. The number of benzene rings is 1. The van der Waals surface area contributed by atoms with Crippen LogP contribution in [0.2, 0.25) is 0 Å². The summed E-state index contributed by atoms with van der Waals surface area (Å²) in [5, 5.41) is 0.247. The van der Waals surface area contributed by atoms with Crippen molar-refractivity contribution in [1.29, 1.82) is 0 Å². The highest BCUT2D eigenvalue weighted by Crippen LogP contribution is 2.17. The van der Waals surface area contributed by atoms with Crippen molar-refractivity contribution in [2.45, 2.75) is 26.7 Å². The van der Waals surface area contributed by atoms with Crippen LogP contribution in [0.1, 0.15) is 32.3 Å². The molecule has 0 aliphatic heterocycles. The van der Waals surface area contributed by atoms with Gasteiger partial charge >= 0.3 is 0 Å². The number of carbonyl (C=O) groups excluding carboxylic acids is 1. The van der Waals surface area contributed by atoms with Crippen molar-refractivity contribution in [3.05, 3.63) is 34.9 Å². The Kier molecular flexibility index (Phi) is 7.16. The third kappa shape index (κ3) is 4.89. The van der Waals surface area contributed by atoms with Crippen molar-refractivity contribution < 1.29 is 9.53 Å². The zero-order valence-electron chi connectivity index (χ0n) is 12.4. The second-order valence-electron chi connectivity index (χ2n) is 4.56. The summed E-state index contributed by atoms with van der Waals surface area (Å²) in [5.74, 6) is 0.675. The van der Waals surface area contributed by atoms with E-state index in [-0.39, 0.29) is 10.9 Å². The van der Waals surface area contributed by atoms with Gasteiger partial charge in [0.1, 0.15) is 10.8 Å². The fourth-order valence-electron chi connectivity index (χ4n) is 1.91. The van der Waals surface area contributed by atoms with Gasteiger partial charge in [0.2, 0.25) is 0 Å². The predicted molar refractivity (Wildman–Crippen MR) is 84.0 cm³/mol. The van der Waals surface area contributed by atoms with Crippen LogP contribution < -0.4 is 4.74 Å². The molecule has 0 N–H and O–H groups in total. The van der Waals surface area contributed by atoms with Crippen LogP contribution in [0.3, 0.4) is 0 Å². The molecule has 4 heteroatoms. The number of hydrogen-bond acceptors (Lipinski definition) is 2. The van der Waals surface area contributed by atoms with E-state index in [1.807, 2.05) is 24.3 Å². The lowest BCUT2D eigenvalue weighted by Gasteiger charge is -2.20. The zero-order valence-corrected chi connectivity index (χ0v) is 13.1. The minimum Gasteiger partial charge on any atom is -0.497 e. The monoisotopic (exact) mass is 295 g/mol. The van der Waals surface area contributed by atoms with Gasteiger partial charge in [-0.3, -0.25) is 4.79 Å². The molecule has 3 nitrogen and oxygen atoms in total. The molecule has 0 aromatic heterocycles. The van der Waals surface area contributed by atoms with Gasteiger partial charge in [0, 0.05) is 13.1 Å². The highest BCUT2D eigenvalue weighted by Gasteiger charge is 2.15. The van der Waals surface area contributed by atoms with Crippen molar-refractivity contribution in [1.82, 2.24) is 4.90 Å². The third-order valence-electron chi connectivity index (χ3n) is 2.89. The van der Waals surface area contributed by atoms with E-state index in [4.69, 9.17) is 16.3 Å². The van der Waals surface area contributed by atoms with E-state index in [1.165, 1.54) is 0 Å². The van der Waals surface area contributed by atoms with Gasteiger partial charge in [-0.2, -0.15) is 0 Å². The minimum absolute atomic E-state index is 0.105. The van der Waals surface area contributed by atoms with Gasteiger partial charge in [-0.15, -0.1) is 0 Å². The van der Waals surface area contributed by atoms with Crippen LogP contribution in [0, 0.1) is 0 Å². The van der Waals surface area contributed by atoms with Gasteiger partial charge in [-0.1, -0.05) is 37.6 Å². The van der Waals surface area contributed by atoms with Gasteiger partial charge in [-0.05, 0) is 36.6 Å². The first-order valence-electron chi connectivity index (χ1n) is 6.92. The highest BCUT2D eigenvalue weighted by atomic mass is 35.5. The summed E-state index contributed by atoms with van der Waals surface area (Å²) >= 11 is 6.14. The molecule has 0 aliphatic carbocycles. The molecule has 0 heterocycles. The van der Waals surface area contributed by atoms with Crippen LogP contribution in [-0.4, -0.2) is 31.0 Å². The summed E-state index contributed by atoms with van der Waals surface area (Å²) in [6.07, 6.45) is 3.55. The van der Waals surface area contributed by atoms with Gasteiger partial charge in [0.05, 0.1) is 7.11 Å². The van der Waals surface area contributed by atoms with Crippen molar-refractivity contribution in [2.24, 2.45) is 0 Å². The molecular weight excluding hydrogens is 274 g/mol. The summed E-state index contributed by atoms with van der Waals surface area (Å²) < 4.78 is 5.09. The maximum atomic E-state index is 12.3. The highest BCUT2D eigenvalue weighted by molar-refractivity contribution is 6.44. The smallest absolute Gasteiger partial charge is 0.265 e. The number of amides is 1. The Morgan fingerprint density at radius 1 is 1.20 bits per heavy atom. The SMILES string of the molecule is CCCN(CCC)C(=O)/C(Cl)=C/c1ccc(OC)cc1. The number of ether oxygens (including phenoxy) is 1. The Morgan fingerprint density at radius 3 is 2.20 bits per heavy atom. The number of nitrogens with zero attached hydrogens (tertiary/aromatic N) is 1. The largest absolute Gasteiger partial charge is 0.497 e. The molecule has 1 amide bonds. The fourth-order valence-corrected chi connectivity index (χ4v) is 2.16. The van der Waals surface area contributed by atoms with Crippen LogP contribution in [-0.2, 0) is 4.79 Å². The van der Waals surface area contributed by atoms with Gasteiger partial charge in [0.25, 0.3) is 5.91 Å². The van der Waals surface area contributed by atoms with Gasteiger partial charge < -0.3 is 9.64 Å².